The van der Waals surface area contributed by atoms with Crippen LogP contribution in [0.3, 0.4) is 0 Å². The summed E-state index contributed by atoms with van der Waals surface area (Å²) < 4.78 is 0. The maximum Gasteiger partial charge on any atom is 0.139 e. The first-order valence-corrected chi connectivity index (χ1v) is 5.91. The van der Waals surface area contributed by atoms with E-state index in [2.05, 4.69) is 0 Å². The molecule has 0 amide bonds. The van der Waals surface area contributed by atoms with E-state index >= 15 is 0 Å². The molecule has 1 heteroatoms. The van der Waals surface area contributed by atoms with E-state index in [0.717, 1.165) is 0 Å². The summed E-state index contributed by atoms with van der Waals surface area (Å²) in [5.41, 5.74) is 0. The van der Waals surface area contributed by atoms with Gasteiger partial charge in [-0.3, -0.25) is 4.79 Å². The fourth-order valence-electron chi connectivity index (χ4n) is 2.93. The number of rotatable bonds is 2. The van der Waals surface area contributed by atoms with E-state index in [4.69, 9.17) is 0 Å². The van der Waals surface area contributed by atoms with E-state index in [1.165, 1.54) is 57.8 Å². The summed E-state index contributed by atoms with van der Waals surface area (Å²) in [4.78, 5) is 12.0. The van der Waals surface area contributed by atoms with Crippen LogP contribution in [0.4, 0.5) is 0 Å². The minimum atomic E-state index is 0.455. The second kappa shape index (κ2) is 4.26. The van der Waals surface area contributed by atoms with E-state index < -0.39 is 0 Å². The number of hydrogen-bond donors (Lipinski definition) is 0. The monoisotopic (exact) mass is 180 g/mol. The van der Waals surface area contributed by atoms with Gasteiger partial charge in [-0.25, -0.2) is 0 Å². The van der Waals surface area contributed by atoms with Crippen molar-refractivity contribution in [2.45, 2.75) is 57.8 Å². The van der Waals surface area contributed by atoms with Gasteiger partial charge in [-0.1, -0.05) is 32.1 Å². The highest BCUT2D eigenvalue weighted by Gasteiger charge is 2.29. The topological polar surface area (TPSA) is 17.1 Å². The van der Waals surface area contributed by atoms with E-state index in [0.29, 0.717) is 17.6 Å². The van der Waals surface area contributed by atoms with Crippen molar-refractivity contribution in [2.24, 2.45) is 11.8 Å². The Morgan fingerprint density at radius 3 is 1.54 bits per heavy atom. The highest BCUT2D eigenvalue weighted by atomic mass is 16.1. The summed E-state index contributed by atoms with van der Waals surface area (Å²) in [7, 11) is 0. The fraction of sp³-hybridized carbons (Fsp3) is 0.917. The Hall–Kier alpha value is -0.330. The predicted octanol–water partition coefficient (Wildman–Crippen LogP) is 3.33. The molecule has 13 heavy (non-hydrogen) atoms. The van der Waals surface area contributed by atoms with Crippen LogP contribution in [0, 0.1) is 11.8 Å². The lowest BCUT2D eigenvalue weighted by Gasteiger charge is -2.22. The Labute approximate surface area is 80.9 Å². The van der Waals surface area contributed by atoms with Crippen LogP contribution in [0.25, 0.3) is 0 Å². The van der Waals surface area contributed by atoms with Gasteiger partial charge >= 0.3 is 0 Å². The maximum atomic E-state index is 12.0. The van der Waals surface area contributed by atoms with Gasteiger partial charge < -0.3 is 0 Å². The number of carbonyl (C=O) groups is 1. The first-order valence-electron chi connectivity index (χ1n) is 5.91. The third kappa shape index (κ3) is 2.12. The molecule has 1 nitrogen and oxygen atoms in total. The number of ketones is 1. The highest BCUT2D eigenvalue weighted by molar-refractivity contribution is 5.83. The largest absolute Gasteiger partial charge is 0.299 e. The Morgan fingerprint density at radius 1 is 0.692 bits per heavy atom. The third-order valence-electron chi connectivity index (χ3n) is 3.77. The molecule has 0 atom stereocenters. The first-order chi connectivity index (χ1) is 6.38. The summed E-state index contributed by atoms with van der Waals surface area (Å²) in [5, 5.41) is 0. The van der Waals surface area contributed by atoms with Gasteiger partial charge in [-0.05, 0) is 25.7 Å². The molecule has 2 saturated carbocycles. The average Bonchev–Trinajstić information content (AvgIpc) is 2.71. The molecule has 2 aliphatic carbocycles. The Morgan fingerprint density at radius 2 is 1.08 bits per heavy atom. The molecule has 0 aromatic carbocycles. The smallest absolute Gasteiger partial charge is 0.139 e. The Kier molecular flexibility index (Phi) is 3.02. The molecule has 0 N–H and O–H groups in total. The van der Waals surface area contributed by atoms with Crippen LogP contribution in [0.5, 0.6) is 0 Å². The van der Waals surface area contributed by atoms with Gasteiger partial charge in [0.05, 0.1) is 0 Å². The quantitative estimate of drug-likeness (QED) is 0.637. The molecule has 0 radical (unpaired) electrons. The molecule has 0 unspecified atom stereocenters. The van der Waals surface area contributed by atoms with Gasteiger partial charge in [-0.15, -0.1) is 0 Å². The lowest BCUT2D eigenvalue weighted by atomic mass is 9.81. The standard InChI is InChI=1S/C12H20O/c13-12(11-8-4-5-9-11)10-6-2-1-3-7-10/h10-11H,1-9H2. The zero-order chi connectivity index (χ0) is 9.10. The van der Waals surface area contributed by atoms with E-state index in [-0.39, 0.29) is 0 Å². The molecule has 2 fully saturated rings. The fourth-order valence-corrected chi connectivity index (χ4v) is 2.93. The van der Waals surface area contributed by atoms with Crippen LogP contribution in [0.2, 0.25) is 0 Å². The molecule has 0 spiro atoms. The van der Waals surface area contributed by atoms with E-state index in [9.17, 15) is 4.79 Å². The zero-order valence-corrected chi connectivity index (χ0v) is 8.43. The summed E-state index contributed by atoms with van der Waals surface area (Å²) in [6.07, 6.45) is 11.3. The molecular weight excluding hydrogens is 160 g/mol. The van der Waals surface area contributed by atoms with Gasteiger partial charge in [0.15, 0.2) is 0 Å². The van der Waals surface area contributed by atoms with Crippen LogP contribution < -0.4 is 0 Å². The number of carbonyl (C=O) groups excluding carboxylic acids is 1. The lowest BCUT2D eigenvalue weighted by molar-refractivity contribution is -0.127. The van der Waals surface area contributed by atoms with Crippen molar-refractivity contribution in [3.05, 3.63) is 0 Å². The summed E-state index contributed by atoms with van der Waals surface area (Å²) in [6, 6.07) is 0. The van der Waals surface area contributed by atoms with Gasteiger partial charge in [-0.2, -0.15) is 0 Å². The predicted molar refractivity (Wildman–Crippen MR) is 53.5 cm³/mol. The second-order valence-corrected chi connectivity index (χ2v) is 4.72. The van der Waals surface area contributed by atoms with Crippen molar-refractivity contribution in [1.29, 1.82) is 0 Å². The molecule has 2 rings (SSSR count). The molecule has 0 aromatic rings. The average molecular weight is 180 g/mol. The Bertz CT molecular complexity index is 174. The number of hydrogen-bond acceptors (Lipinski definition) is 1. The van der Waals surface area contributed by atoms with Crippen LogP contribution in [0.15, 0.2) is 0 Å². The summed E-state index contributed by atoms with van der Waals surface area (Å²) >= 11 is 0. The van der Waals surface area contributed by atoms with Crippen molar-refractivity contribution < 1.29 is 4.79 Å². The molecule has 74 valence electrons. The van der Waals surface area contributed by atoms with Crippen molar-refractivity contribution in [2.75, 3.05) is 0 Å². The molecule has 0 heterocycles. The van der Waals surface area contributed by atoms with Crippen molar-refractivity contribution >= 4 is 5.78 Å². The summed E-state index contributed by atoms with van der Waals surface area (Å²) in [6.45, 7) is 0. The molecule has 0 aliphatic heterocycles. The highest BCUT2D eigenvalue weighted by Crippen LogP contribution is 2.33. The minimum Gasteiger partial charge on any atom is -0.299 e. The molecule has 2 aliphatic rings. The van der Waals surface area contributed by atoms with Gasteiger partial charge in [0.2, 0.25) is 0 Å². The van der Waals surface area contributed by atoms with Gasteiger partial charge in [0.25, 0.3) is 0 Å². The van der Waals surface area contributed by atoms with Gasteiger partial charge in [0.1, 0.15) is 5.78 Å². The van der Waals surface area contributed by atoms with Crippen molar-refractivity contribution in [3.8, 4) is 0 Å². The normalized spacial score (nSPS) is 26.5. The third-order valence-corrected chi connectivity index (χ3v) is 3.77. The van der Waals surface area contributed by atoms with Crippen molar-refractivity contribution in [1.82, 2.24) is 0 Å². The van der Waals surface area contributed by atoms with Crippen LogP contribution in [-0.4, -0.2) is 5.78 Å². The first kappa shape index (κ1) is 9.23. The van der Waals surface area contributed by atoms with E-state index in [1.54, 1.807) is 0 Å². The van der Waals surface area contributed by atoms with Crippen molar-refractivity contribution in [3.63, 3.8) is 0 Å². The minimum absolute atomic E-state index is 0.455. The van der Waals surface area contributed by atoms with E-state index in [1.807, 2.05) is 0 Å². The van der Waals surface area contributed by atoms with Crippen LogP contribution in [0.1, 0.15) is 57.8 Å². The second-order valence-electron chi connectivity index (χ2n) is 4.72. The Balaban J connectivity index is 1.87. The van der Waals surface area contributed by atoms with Crippen LogP contribution in [-0.2, 0) is 4.79 Å². The lowest BCUT2D eigenvalue weighted by Crippen LogP contribution is -2.23. The SMILES string of the molecule is O=C(C1CCCCC1)C1CCCC1. The molecule has 0 aromatic heterocycles. The van der Waals surface area contributed by atoms with Crippen LogP contribution >= 0.6 is 0 Å². The molecule has 0 saturated heterocycles. The molecular formula is C12H20O. The maximum absolute atomic E-state index is 12.0. The zero-order valence-electron chi connectivity index (χ0n) is 8.43. The number of Topliss-reactive ketones (excluding diaryl/α,β-unsaturated/α-hetero) is 1. The summed E-state index contributed by atoms with van der Waals surface area (Å²) in [5.74, 6) is 1.54. The molecule has 0 bridgehead atoms. The van der Waals surface area contributed by atoms with Gasteiger partial charge in [0, 0.05) is 11.8 Å².